The van der Waals surface area contributed by atoms with Gasteiger partial charge in [0.15, 0.2) is 0 Å². The van der Waals surface area contributed by atoms with E-state index in [-0.39, 0.29) is 18.8 Å². The van der Waals surface area contributed by atoms with Crippen molar-refractivity contribution in [3.8, 4) is 11.5 Å². The Morgan fingerprint density at radius 3 is 2.63 bits per heavy atom. The van der Waals surface area contributed by atoms with Gasteiger partial charge < -0.3 is 19.7 Å². The van der Waals surface area contributed by atoms with Gasteiger partial charge in [-0.25, -0.2) is 0 Å². The molecule has 0 bridgehead atoms. The second kappa shape index (κ2) is 7.43. The number of aromatic hydroxyl groups is 1. The van der Waals surface area contributed by atoms with E-state index >= 15 is 0 Å². The number of carbonyl (C=O) groups excluding carboxylic acids is 1. The molecule has 0 radical (unpaired) electrons. The molecule has 2 N–H and O–H groups in total. The summed E-state index contributed by atoms with van der Waals surface area (Å²) >= 11 is 0. The number of hydrogen-bond donors (Lipinski definition) is 2. The van der Waals surface area contributed by atoms with Crippen LogP contribution in [0.15, 0.2) is 36.9 Å². The van der Waals surface area contributed by atoms with Gasteiger partial charge in [-0.2, -0.15) is 0 Å². The molecule has 1 rings (SSSR count). The van der Waals surface area contributed by atoms with Crippen LogP contribution >= 0.6 is 0 Å². The predicted molar refractivity (Wildman–Crippen MR) is 70.0 cm³/mol. The van der Waals surface area contributed by atoms with Crippen LogP contribution in [-0.4, -0.2) is 35.0 Å². The monoisotopic (exact) mass is 266 g/mol. The molecule has 0 aliphatic carbocycles. The SMILES string of the molecule is C=CCOC(=O)CC(O)C(C)Oc1ccc(O)cc1. The highest BCUT2D eigenvalue weighted by Gasteiger charge is 2.20. The van der Waals surface area contributed by atoms with Crippen molar-refractivity contribution in [1.82, 2.24) is 0 Å². The maximum Gasteiger partial charge on any atom is 0.308 e. The van der Waals surface area contributed by atoms with Crippen molar-refractivity contribution in [2.75, 3.05) is 6.61 Å². The van der Waals surface area contributed by atoms with Crippen LogP contribution in [-0.2, 0) is 9.53 Å². The molecular formula is C14H18O5. The first-order valence-corrected chi connectivity index (χ1v) is 5.93. The van der Waals surface area contributed by atoms with Gasteiger partial charge in [0.05, 0.1) is 6.42 Å². The number of phenols is 1. The molecule has 0 heterocycles. The van der Waals surface area contributed by atoms with Crippen LogP contribution in [0.5, 0.6) is 11.5 Å². The number of aliphatic hydroxyl groups is 1. The Morgan fingerprint density at radius 1 is 1.42 bits per heavy atom. The van der Waals surface area contributed by atoms with Crippen molar-refractivity contribution in [2.24, 2.45) is 0 Å². The highest BCUT2D eigenvalue weighted by molar-refractivity contribution is 5.70. The van der Waals surface area contributed by atoms with Crippen molar-refractivity contribution < 1.29 is 24.5 Å². The van der Waals surface area contributed by atoms with Crippen LogP contribution in [0, 0.1) is 0 Å². The Balaban J connectivity index is 2.43. The number of carbonyl (C=O) groups is 1. The first-order chi connectivity index (χ1) is 9.02. The summed E-state index contributed by atoms with van der Waals surface area (Å²) in [4.78, 5) is 11.3. The molecule has 0 aliphatic heterocycles. The molecule has 1 aromatic carbocycles. The summed E-state index contributed by atoms with van der Waals surface area (Å²) in [5.74, 6) is 0.130. The molecular weight excluding hydrogens is 248 g/mol. The van der Waals surface area contributed by atoms with Gasteiger partial charge in [-0.3, -0.25) is 4.79 Å². The van der Waals surface area contributed by atoms with E-state index in [0.717, 1.165) is 0 Å². The standard InChI is InChI=1S/C14H18O5/c1-3-8-18-14(17)9-13(16)10(2)19-12-6-4-11(15)5-7-12/h3-7,10,13,15-16H,1,8-9H2,2H3. The Labute approximate surface area is 112 Å². The lowest BCUT2D eigenvalue weighted by Crippen LogP contribution is -2.31. The fraction of sp³-hybridized carbons (Fsp3) is 0.357. The average molecular weight is 266 g/mol. The molecule has 0 amide bonds. The summed E-state index contributed by atoms with van der Waals surface area (Å²) in [5, 5.41) is 18.9. The van der Waals surface area contributed by atoms with Gasteiger partial charge in [0.2, 0.25) is 0 Å². The summed E-state index contributed by atoms with van der Waals surface area (Å²) in [6, 6.07) is 6.11. The van der Waals surface area contributed by atoms with Gasteiger partial charge in [-0.15, -0.1) is 0 Å². The molecule has 2 atom stereocenters. The van der Waals surface area contributed by atoms with Crippen molar-refractivity contribution >= 4 is 5.97 Å². The minimum absolute atomic E-state index is 0.124. The van der Waals surface area contributed by atoms with Crippen LogP contribution in [0.25, 0.3) is 0 Å². The average Bonchev–Trinajstić information content (AvgIpc) is 2.39. The number of esters is 1. The number of hydrogen-bond acceptors (Lipinski definition) is 5. The predicted octanol–water partition coefficient (Wildman–Crippen LogP) is 1.64. The van der Waals surface area contributed by atoms with Crippen LogP contribution in [0.1, 0.15) is 13.3 Å². The molecule has 19 heavy (non-hydrogen) atoms. The topological polar surface area (TPSA) is 76.0 Å². The van der Waals surface area contributed by atoms with Crippen LogP contribution in [0.3, 0.4) is 0 Å². The summed E-state index contributed by atoms with van der Waals surface area (Å²) in [7, 11) is 0. The molecule has 0 saturated carbocycles. The van der Waals surface area contributed by atoms with Gasteiger partial charge in [0.25, 0.3) is 0 Å². The molecule has 2 unspecified atom stereocenters. The molecule has 0 spiro atoms. The molecule has 1 aromatic rings. The summed E-state index contributed by atoms with van der Waals surface area (Å²) in [5.41, 5.74) is 0. The summed E-state index contributed by atoms with van der Waals surface area (Å²) in [6.07, 6.45) is -0.222. The Bertz CT molecular complexity index is 412. The van der Waals surface area contributed by atoms with Crippen molar-refractivity contribution in [2.45, 2.75) is 25.6 Å². The van der Waals surface area contributed by atoms with E-state index in [1.807, 2.05) is 0 Å². The molecule has 5 nitrogen and oxygen atoms in total. The second-order valence-corrected chi connectivity index (χ2v) is 4.06. The van der Waals surface area contributed by atoms with Gasteiger partial charge >= 0.3 is 5.97 Å². The number of phenolic OH excluding ortho intramolecular Hbond substituents is 1. The van der Waals surface area contributed by atoms with E-state index in [9.17, 15) is 9.90 Å². The molecule has 104 valence electrons. The zero-order valence-corrected chi connectivity index (χ0v) is 10.8. The minimum atomic E-state index is -0.967. The molecule has 0 aliphatic rings. The largest absolute Gasteiger partial charge is 0.508 e. The van der Waals surface area contributed by atoms with Crippen molar-refractivity contribution in [3.63, 3.8) is 0 Å². The van der Waals surface area contributed by atoms with Crippen molar-refractivity contribution in [3.05, 3.63) is 36.9 Å². The van der Waals surface area contributed by atoms with E-state index in [4.69, 9.17) is 14.6 Å². The van der Waals surface area contributed by atoms with Gasteiger partial charge in [-0.05, 0) is 31.2 Å². The minimum Gasteiger partial charge on any atom is -0.508 e. The quantitative estimate of drug-likeness (QED) is 0.579. The first-order valence-electron chi connectivity index (χ1n) is 5.93. The van der Waals surface area contributed by atoms with Gasteiger partial charge in [0.1, 0.15) is 30.3 Å². The third-order valence-corrected chi connectivity index (χ3v) is 2.44. The Hall–Kier alpha value is -2.01. The van der Waals surface area contributed by atoms with Crippen molar-refractivity contribution in [1.29, 1.82) is 0 Å². The van der Waals surface area contributed by atoms with Crippen LogP contribution < -0.4 is 4.74 Å². The summed E-state index contributed by atoms with van der Waals surface area (Å²) < 4.78 is 10.2. The Kier molecular flexibility index (Phi) is 5.89. The molecule has 0 saturated heterocycles. The number of benzene rings is 1. The highest BCUT2D eigenvalue weighted by atomic mass is 16.5. The zero-order chi connectivity index (χ0) is 14.3. The smallest absolute Gasteiger partial charge is 0.308 e. The van der Waals surface area contributed by atoms with E-state index in [2.05, 4.69) is 6.58 Å². The second-order valence-electron chi connectivity index (χ2n) is 4.06. The van der Waals surface area contributed by atoms with Gasteiger partial charge in [-0.1, -0.05) is 12.7 Å². The highest BCUT2D eigenvalue weighted by Crippen LogP contribution is 2.18. The van der Waals surface area contributed by atoms with E-state index in [1.165, 1.54) is 18.2 Å². The first kappa shape index (κ1) is 15.0. The third-order valence-electron chi connectivity index (χ3n) is 2.44. The van der Waals surface area contributed by atoms with E-state index in [1.54, 1.807) is 19.1 Å². The lowest BCUT2D eigenvalue weighted by atomic mass is 10.1. The summed E-state index contributed by atoms with van der Waals surface area (Å²) in [6.45, 7) is 5.20. The molecule has 0 fully saturated rings. The van der Waals surface area contributed by atoms with E-state index in [0.29, 0.717) is 5.75 Å². The Morgan fingerprint density at radius 2 is 2.05 bits per heavy atom. The van der Waals surface area contributed by atoms with Crippen LogP contribution in [0.2, 0.25) is 0 Å². The third kappa shape index (κ3) is 5.44. The number of rotatable bonds is 7. The maximum absolute atomic E-state index is 11.3. The number of ether oxygens (including phenoxy) is 2. The van der Waals surface area contributed by atoms with Crippen LogP contribution in [0.4, 0.5) is 0 Å². The van der Waals surface area contributed by atoms with E-state index < -0.39 is 18.2 Å². The van der Waals surface area contributed by atoms with Gasteiger partial charge in [0, 0.05) is 0 Å². The lowest BCUT2D eigenvalue weighted by molar-refractivity contribution is -0.145. The molecule has 0 aromatic heterocycles. The zero-order valence-electron chi connectivity index (χ0n) is 10.8. The molecule has 5 heteroatoms. The normalized spacial score (nSPS) is 13.4. The number of aliphatic hydroxyl groups excluding tert-OH is 1. The maximum atomic E-state index is 11.3. The fourth-order valence-corrected chi connectivity index (χ4v) is 1.37. The fourth-order valence-electron chi connectivity index (χ4n) is 1.37. The lowest BCUT2D eigenvalue weighted by Gasteiger charge is -2.19.